The maximum atomic E-state index is 9.64. The summed E-state index contributed by atoms with van der Waals surface area (Å²) in [7, 11) is 0. The number of epoxide rings is 1. The lowest BCUT2D eigenvalue weighted by Gasteiger charge is -2.42. The Morgan fingerprint density at radius 3 is 2.12 bits per heavy atom. The molecule has 7 atom stereocenters. The topological polar surface area (TPSA) is 88.1 Å². The van der Waals surface area contributed by atoms with Crippen molar-refractivity contribution in [2.75, 3.05) is 39.6 Å². The van der Waals surface area contributed by atoms with Crippen LogP contribution >= 0.6 is 0 Å². The molecule has 7 unspecified atom stereocenters. The lowest BCUT2D eigenvalue weighted by Crippen LogP contribution is -2.56. The van der Waals surface area contributed by atoms with E-state index in [1.54, 1.807) is 0 Å². The van der Waals surface area contributed by atoms with E-state index < -0.39 is 6.16 Å². The monoisotopic (exact) mass is 458 g/mol. The van der Waals surface area contributed by atoms with E-state index in [0.717, 1.165) is 25.7 Å². The van der Waals surface area contributed by atoms with Crippen LogP contribution < -0.4 is 0 Å². The van der Waals surface area contributed by atoms with Gasteiger partial charge in [0.2, 0.25) is 0 Å². The molecule has 4 rings (SSSR count). The molecule has 1 aliphatic carbocycles. The fraction of sp³-hybridized carbons (Fsp3) is 1.00. The molecule has 4 fully saturated rings. The second-order valence-corrected chi connectivity index (χ2v) is 10.3. The van der Waals surface area contributed by atoms with Crippen molar-refractivity contribution in [3.05, 3.63) is 0 Å². The minimum absolute atomic E-state index is 0.118. The number of ether oxygens (including phenoxy) is 7. The van der Waals surface area contributed by atoms with Crippen molar-refractivity contribution >= 4 is 0 Å². The van der Waals surface area contributed by atoms with Crippen molar-refractivity contribution in [3.63, 3.8) is 0 Å². The summed E-state index contributed by atoms with van der Waals surface area (Å²) >= 11 is 0. The van der Waals surface area contributed by atoms with Crippen molar-refractivity contribution in [1.82, 2.24) is 0 Å². The fourth-order valence-electron chi connectivity index (χ4n) is 5.17. The predicted molar refractivity (Wildman–Crippen MR) is 116 cm³/mol. The van der Waals surface area contributed by atoms with Crippen LogP contribution in [-0.4, -0.2) is 81.4 Å². The first-order valence-electron chi connectivity index (χ1n) is 12.5. The van der Waals surface area contributed by atoms with Crippen LogP contribution in [0.4, 0.5) is 0 Å². The summed E-state index contributed by atoms with van der Waals surface area (Å²) in [5.74, 6) is 1.95. The van der Waals surface area contributed by atoms with E-state index in [1.165, 1.54) is 0 Å². The predicted octanol–water partition coefficient (Wildman–Crippen LogP) is 2.71. The van der Waals surface area contributed by atoms with E-state index in [2.05, 4.69) is 20.8 Å². The number of rotatable bonds is 10. The molecular weight excluding hydrogens is 416 g/mol. The van der Waals surface area contributed by atoms with Gasteiger partial charge in [0.15, 0.2) is 0 Å². The largest absolute Gasteiger partial charge is 0.413 e. The molecular formula is C24H42O8. The maximum Gasteiger partial charge on any atom is 0.413 e. The summed E-state index contributed by atoms with van der Waals surface area (Å²) in [6.07, 6.45) is 2.97. The highest BCUT2D eigenvalue weighted by atomic mass is 17.0. The van der Waals surface area contributed by atoms with Crippen molar-refractivity contribution in [2.45, 2.75) is 90.1 Å². The molecule has 32 heavy (non-hydrogen) atoms. The molecule has 1 spiro atoms. The Morgan fingerprint density at radius 1 is 0.938 bits per heavy atom. The normalized spacial score (nSPS) is 42.3. The van der Waals surface area contributed by atoms with E-state index in [-0.39, 0.29) is 18.3 Å². The molecule has 0 aromatic carbocycles. The maximum absolute atomic E-state index is 9.64. The highest BCUT2D eigenvalue weighted by molar-refractivity contribution is 4.94. The van der Waals surface area contributed by atoms with E-state index >= 15 is 0 Å². The van der Waals surface area contributed by atoms with E-state index in [1.807, 2.05) is 6.92 Å². The van der Waals surface area contributed by atoms with Crippen molar-refractivity contribution < 1.29 is 38.3 Å². The van der Waals surface area contributed by atoms with Gasteiger partial charge in [0.25, 0.3) is 0 Å². The molecule has 0 aromatic heterocycles. The van der Waals surface area contributed by atoms with Gasteiger partial charge in [0, 0.05) is 0 Å². The minimum atomic E-state index is -1.43. The van der Waals surface area contributed by atoms with Gasteiger partial charge >= 0.3 is 6.16 Å². The summed E-state index contributed by atoms with van der Waals surface area (Å²) in [6, 6.07) is 0. The molecule has 1 saturated carbocycles. The van der Waals surface area contributed by atoms with Gasteiger partial charge in [-0.05, 0) is 49.9 Å². The van der Waals surface area contributed by atoms with Gasteiger partial charge in [-0.3, -0.25) is 0 Å². The van der Waals surface area contributed by atoms with Gasteiger partial charge in [-0.25, -0.2) is 0 Å². The molecule has 0 aromatic rings. The molecule has 0 bridgehead atoms. The molecule has 186 valence electrons. The summed E-state index contributed by atoms with van der Waals surface area (Å²) in [5, 5.41) is 9.64. The second kappa shape index (κ2) is 11.0. The average Bonchev–Trinajstić information content (AvgIpc) is 3.52. The highest BCUT2D eigenvalue weighted by Gasteiger charge is 2.48. The van der Waals surface area contributed by atoms with Crippen LogP contribution in [-0.2, 0) is 33.2 Å². The third-order valence-electron chi connectivity index (χ3n) is 7.55. The number of hydrogen-bond donors (Lipinski definition) is 1. The third kappa shape index (κ3) is 6.42. The molecule has 8 nitrogen and oxygen atoms in total. The Balaban J connectivity index is 1.12. The summed E-state index contributed by atoms with van der Waals surface area (Å²) in [4.78, 5) is 0. The molecule has 0 amide bonds. The molecule has 0 radical (unpaired) electrons. The van der Waals surface area contributed by atoms with Crippen LogP contribution in [0.5, 0.6) is 0 Å². The zero-order valence-electron chi connectivity index (χ0n) is 20.1. The molecule has 3 heterocycles. The number of aliphatic hydroxyl groups excluding tert-OH is 1. The first-order chi connectivity index (χ1) is 15.4. The Kier molecular flexibility index (Phi) is 8.48. The van der Waals surface area contributed by atoms with Gasteiger partial charge < -0.3 is 38.3 Å². The zero-order chi connectivity index (χ0) is 22.7. The van der Waals surface area contributed by atoms with Crippen molar-refractivity contribution in [2.24, 2.45) is 23.7 Å². The van der Waals surface area contributed by atoms with Crippen LogP contribution in [0.2, 0.25) is 0 Å². The quantitative estimate of drug-likeness (QED) is 0.500. The molecule has 3 aliphatic heterocycles. The van der Waals surface area contributed by atoms with E-state index in [9.17, 15) is 5.11 Å². The first-order valence-corrected chi connectivity index (χ1v) is 12.5. The van der Waals surface area contributed by atoms with E-state index in [4.69, 9.17) is 33.2 Å². The van der Waals surface area contributed by atoms with Crippen LogP contribution in [0, 0.1) is 23.7 Å². The van der Waals surface area contributed by atoms with Gasteiger partial charge in [-0.1, -0.05) is 27.2 Å². The van der Waals surface area contributed by atoms with Crippen molar-refractivity contribution in [1.29, 1.82) is 0 Å². The number of fused-ring (bicyclic) bond motifs is 1. The van der Waals surface area contributed by atoms with Crippen LogP contribution in [0.1, 0.15) is 53.4 Å². The Labute approximate surface area is 192 Å². The highest BCUT2D eigenvalue weighted by Crippen LogP contribution is 2.42. The Morgan fingerprint density at radius 2 is 1.53 bits per heavy atom. The van der Waals surface area contributed by atoms with Crippen LogP contribution in [0.15, 0.2) is 0 Å². The summed E-state index contributed by atoms with van der Waals surface area (Å²) < 4.78 is 40.9. The van der Waals surface area contributed by atoms with Gasteiger partial charge in [-0.2, -0.15) is 0 Å². The zero-order valence-corrected chi connectivity index (χ0v) is 20.1. The Hall–Kier alpha value is -0.320. The molecule has 3 saturated heterocycles. The average molecular weight is 459 g/mol. The SMILES string of the molecule is CCC(COC1COC2(OC1)OCC(OCC1CC3OC3CC1C)CO2)C(C)CC(C)O. The summed E-state index contributed by atoms with van der Waals surface area (Å²) in [6.45, 7) is 11.2. The number of aliphatic hydroxyl groups is 1. The molecule has 4 aliphatic rings. The standard InChI is InChI=1S/C24H42O8/c1-5-18(15(2)6-17(4)25)9-26-20-11-28-24(29-12-20)30-13-21(14-31-24)27-10-19-8-23-22(32-23)7-16(19)3/h15-23,25H,5-14H2,1-4H3. The van der Waals surface area contributed by atoms with Crippen LogP contribution in [0.3, 0.4) is 0 Å². The molecule has 8 heteroatoms. The summed E-state index contributed by atoms with van der Waals surface area (Å²) in [5.41, 5.74) is 0. The van der Waals surface area contributed by atoms with Gasteiger partial charge in [0.1, 0.15) is 12.2 Å². The van der Waals surface area contributed by atoms with E-state index in [0.29, 0.717) is 75.5 Å². The number of hydrogen-bond acceptors (Lipinski definition) is 8. The molecule has 1 N–H and O–H groups in total. The lowest BCUT2D eigenvalue weighted by molar-refractivity contribution is -0.538. The Bertz CT molecular complexity index is 568. The third-order valence-corrected chi connectivity index (χ3v) is 7.55. The van der Waals surface area contributed by atoms with Crippen molar-refractivity contribution in [3.8, 4) is 0 Å². The fourth-order valence-corrected chi connectivity index (χ4v) is 5.17. The smallest absolute Gasteiger partial charge is 0.393 e. The second-order valence-electron chi connectivity index (χ2n) is 10.3. The van der Waals surface area contributed by atoms with Crippen LogP contribution in [0.25, 0.3) is 0 Å². The van der Waals surface area contributed by atoms with Gasteiger partial charge in [-0.15, -0.1) is 0 Å². The van der Waals surface area contributed by atoms with Gasteiger partial charge in [0.05, 0.1) is 58.0 Å². The first kappa shape index (κ1) is 24.8. The minimum Gasteiger partial charge on any atom is -0.393 e. The lowest BCUT2D eigenvalue weighted by atomic mass is 9.81.